The van der Waals surface area contributed by atoms with Gasteiger partial charge in [-0.15, -0.1) is 0 Å². The summed E-state index contributed by atoms with van der Waals surface area (Å²) in [6.45, 7) is 2.01. The van der Waals surface area contributed by atoms with Crippen LogP contribution in [0.4, 0.5) is 17.6 Å². The molecule has 2 atom stereocenters. The lowest BCUT2D eigenvalue weighted by atomic mass is 9.97. The molecule has 3 aromatic carbocycles. The van der Waals surface area contributed by atoms with Gasteiger partial charge in [-0.25, -0.2) is 4.39 Å². The fraction of sp³-hybridized carbons (Fsp3) is 0.217. The molecule has 152 valence electrons. The van der Waals surface area contributed by atoms with Gasteiger partial charge in [-0.3, -0.25) is 0 Å². The van der Waals surface area contributed by atoms with Gasteiger partial charge >= 0.3 is 6.18 Å². The van der Waals surface area contributed by atoms with Crippen molar-refractivity contribution < 1.29 is 22.7 Å². The molecule has 0 aliphatic carbocycles. The van der Waals surface area contributed by atoms with E-state index in [4.69, 9.17) is 0 Å². The summed E-state index contributed by atoms with van der Waals surface area (Å²) < 4.78 is 53.4. The quantitative estimate of drug-likeness (QED) is 0.503. The van der Waals surface area contributed by atoms with E-state index < -0.39 is 23.7 Å². The molecule has 0 amide bonds. The zero-order valence-corrected chi connectivity index (χ0v) is 15.7. The number of benzene rings is 3. The maximum Gasteiger partial charge on any atom is 0.417 e. The molecule has 0 aliphatic heterocycles. The standard InChI is InChI=1S/C23H21F4NO/c1-15(28-14-22(29)19-7-3-5-9-21(19)24)16-10-12-17(13-11-16)18-6-2-4-8-20(18)23(25,26)27/h2-13,15,22,28-29H,14H2,1H3. The summed E-state index contributed by atoms with van der Waals surface area (Å²) in [5, 5.41) is 13.3. The predicted molar refractivity (Wildman–Crippen MR) is 105 cm³/mol. The van der Waals surface area contributed by atoms with E-state index in [1.807, 2.05) is 6.92 Å². The molecule has 0 aromatic heterocycles. The SMILES string of the molecule is CC(NCC(O)c1ccccc1F)c1ccc(-c2ccccc2C(F)(F)F)cc1. The Morgan fingerprint density at radius 3 is 2.17 bits per heavy atom. The van der Waals surface area contributed by atoms with Gasteiger partial charge in [0, 0.05) is 18.2 Å². The minimum atomic E-state index is -4.42. The third kappa shape index (κ3) is 5.02. The van der Waals surface area contributed by atoms with E-state index in [1.54, 1.807) is 42.5 Å². The minimum absolute atomic E-state index is 0.127. The number of hydrogen-bond donors (Lipinski definition) is 2. The van der Waals surface area contributed by atoms with Gasteiger partial charge in [-0.2, -0.15) is 13.2 Å². The van der Waals surface area contributed by atoms with Gasteiger partial charge in [0.2, 0.25) is 0 Å². The Labute approximate surface area is 166 Å². The van der Waals surface area contributed by atoms with Gasteiger partial charge in [-0.1, -0.05) is 60.7 Å². The van der Waals surface area contributed by atoms with E-state index >= 15 is 0 Å². The molecule has 0 radical (unpaired) electrons. The van der Waals surface area contributed by atoms with E-state index in [2.05, 4.69) is 5.32 Å². The van der Waals surface area contributed by atoms with Crippen molar-refractivity contribution in [3.8, 4) is 11.1 Å². The van der Waals surface area contributed by atoms with Crippen molar-refractivity contribution in [2.45, 2.75) is 25.2 Å². The summed E-state index contributed by atoms with van der Waals surface area (Å²) >= 11 is 0. The molecule has 2 unspecified atom stereocenters. The first-order valence-electron chi connectivity index (χ1n) is 9.20. The highest BCUT2D eigenvalue weighted by Crippen LogP contribution is 2.37. The Morgan fingerprint density at radius 2 is 1.52 bits per heavy atom. The number of halogens is 4. The van der Waals surface area contributed by atoms with Crippen molar-refractivity contribution in [1.82, 2.24) is 5.32 Å². The molecule has 3 aromatic rings. The topological polar surface area (TPSA) is 32.3 Å². The lowest BCUT2D eigenvalue weighted by Crippen LogP contribution is -2.25. The predicted octanol–water partition coefficient (Wildman–Crippen LogP) is 5.90. The summed E-state index contributed by atoms with van der Waals surface area (Å²) in [5.74, 6) is -0.470. The zero-order valence-electron chi connectivity index (χ0n) is 15.7. The van der Waals surface area contributed by atoms with E-state index in [9.17, 15) is 22.7 Å². The smallest absolute Gasteiger partial charge is 0.387 e. The highest BCUT2D eigenvalue weighted by atomic mass is 19.4. The van der Waals surface area contributed by atoms with Crippen LogP contribution >= 0.6 is 0 Å². The van der Waals surface area contributed by atoms with Crippen LogP contribution in [0.25, 0.3) is 11.1 Å². The van der Waals surface area contributed by atoms with Crippen molar-refractivity contribution in [3.05, 3.63) is 95.3 Å². The highest BCUT2D eigenvalue weighted by molar-refractivity contribution is 5.68. The number of rotatable bonds is 6. The Bertz CT molecular complexity index is 954. The molecule has 2 N–H and O–H groups in total. The first-order valence-corrected chi connectivity index (χ1v) is 9.20. The van der Waals surface area contributed by atoms with Crippen LogP contribution in [0, 0.1) is 5.82 Å². The number of aliphatic hydroxyl groups is 1. The molecule has 0 saturated carbocycles. The average molecular weight is 403 g/mol. The molecule has 0 spiro atoms. The summed E-state index contributed by atoms with van der Waals surface area (Å²) in [4.78, 5) is 0. The van der Waals surface area contributed by atoms with Gasteiger partial charge in [0.15, 0.2) is 0 Å². The molecular formula is C23H21F4NO. The molecular weight excluding hydrogens is 382 g/mol. The largest absolute Gasteiger partial charge is 0.417 e. The molecule has 0 heterocycles. The molecule has 0 aliphatic rings. The van der Waals surface area contributed by atoms with Crippen molar-refractivity contribution >= 4 is 0 Å². The zero-order chi connectivity index (χ0) is 21.0. The monoisotopic (exact) mass is 403 g/mol. The normalized spacial score (nSPS) is 13.9. The van der Waals surface area contributed by atoms with Crippen LogP contribution in [0.15, 0.2) is 72.8 Å². The van der Waals surface area contributed by atoms with E-state index in [-0.39, 0.29) is 23.7 Å². The number of aliphatic hydroxyl groups excluding tert-OH is 1. The van der Waals surface area contributed by atoms with Crippen LogP contribution in [0.5, 0.6) is 0 Å². The third-order valence-corrected chi connectivity index (χ3v) is 4.84. The Hall–Kier alpha value is -2.70. The molecule has 29 heavy (non-hydrogen) atoms. The summed E-state index contributed by atoms with van der Waals surface area (Å²) in [6, 6.07) is 18.1. The van der Waals surface area contributed by atoms with Gasteiger partial charge in [-0.05, 0) is 35.7 Å². The van der Waals surface area contributed by atoms with E-state index in [0.717, 1.165) is 11.6 Å². The summed E-state index contributed by atoms with van der Waals surface area (Å²) in [7, 11) is 0. The summed E-state index contributed by atoms with van der Waals surface area (Å²) in [5.41, 5.74) is 0.986. The number of nitrogens with one attached hydrogen (secondary N) is 1. The van der Waals surface area contributed by atoms with Crippen LogP contribution in [-0.4, -0.2) is 11.7 Å². The van der Waals surface area contributed by atoms with Crippen LogP contribution in [0.3, 0.4) is 0 Å². The maximum absolute atomic E-state index is 13.7. The Balaban J connectivity index is 1.70. The van der Waals surface area contributed by atoms with Crippen LogP contribution < -0.4 is 5.32 Å². The second kappa shape index (κ2) is 8.76. The lowest BCUT2D eigenvalue weighted by molar-refractivity contribution is -0.137. The van der Waals surface area contributed by atoms with Crippen LogP contribution in [0.1, 0.15) is 35.8 Å². The fourth-order valence-corrected chi connectivity index (χ4v) is 3.19. The van der Waals surface area contributed by atoms with Crippen molar-refractivity contribution in [1.29, 1.82) is 0 Å². The molecule has 6 heteroatoms. The second-order valence-corrected chi connectivity index (χ2v) is 6.83. The third-order valence-electron chi connectivity index (χ3n) is 4.84. The molecule has 0 fully saturated rings. The van der Waals surface area contributed by atoms with Crippen LogP contribution in [-0.2, 0) is 6.18 Å². The van der Waals surface area contributed by atoms with Gasteiger partial charge in [0.25, 0.3) is 0 Å². The molecule has 0 saturated heterocycles. The maximum atomic E-state index is 13.7. The van der Waals surface area contributed by atoms with Gasteiger partial charge < -0.3 is 10.4 Å². The molecule has 0 bridgehead atoms. The van der Waals surface area contributed by atoms with Crippen molar-refractivity contribution in [2.75, 3.05) is 6.54 Å². The van der Waals surface area contributed by atoms with Gasteiger partial charge in [0.1, 0.15) is 5.82 Å². The van der Waals surface area contributed by atoms with Crippen LogP contribution in [0.2, 0.25) is 0 Å². The number of hydrogen-bond acceptors (Lipinski definition) is 2. The number of alkyl halides is 3. The lowest BCUT2D eigenvalue weighted by Gasteiger charge is -2.19. The summed E-state index contributed by atoms with van der Waals surface area (Å²) in [6.07, 6.45) is -5.43. The second-order valence-electron chi connectivity index (χ2n) is 6.83. The average Bonchev–Trinajstić information content (AvgIpc) is 2.71. The fourth-order valence-electron chi connectivity index (χ4n) is 3.19. The Morgan fingerprint density at radius 1 is 0.897 bits per heavy atom. The van der Waals surface area contributed by atoms with Gasteiger partial charge in [0.05, 0.1) is 11.7 Å². The first-order chi connectivity index (χ1) is 13.8. The van der Waals surface area contributed by atoms with Crippen molar-refractivity contribution in [2.24, 2.45) is 0 Å². The van der Waals surface area contributed by atoms with Crippen molar-refractivity contribution in [3.63, 3.8) is 0 Å². The van der Waals surface area contributed by atoms with E-state index in [1.165, 1.54) is 24.3 Å². The first kappa shape index (κ1) is 21.0. The highest BCUT2D eigenvalue weighted by Gasteiger charge is 2.33. The molecule has 3 rings (SSSR count). The minimum Gasteiger partial charge on any atom is -0.387 e. The molecule has 2 nitrogen and oxygen atoms in total. The van der Waals surface area contributed by atoms with E-state index in [0.29, 0.717) is 5.56 Å². The Kier molecular flexibility index (Phi) is 6.35.